The zero-order valence-corrected chi connectivity index (χ0v) is 6.56. The van der Waals surface area contributed by atoms with E-state index in [1.807, 2.05) is 0 Å². The second kappa shape index (κ2) is 3.38. The van der Waals surface area contributed by atoms with Gasteiger partial charge in [0.25, 0.3) is 0 Å². The van der Waals surface area contributed by atoms with E-state index in [-0.39, 0.29) is 0 Å². The molecule has 66 valence electrons. The third-order valence-corrected chi connectivity index (χ3v) is 2.12. The van der Waals surface area contributed by atoms with Crippen LogP contribution in [-0.4, -0.2) is 17.0 Å². The number of primary amides is 1. The molecule has 4 nitrogen and oxygen atoms in total. The lowest BCUT2D eigenvalue weighted by Crippen LogP contribution is -2.35. The van der Waals surface area contributed by atoms with Crippen LogP contribution in [0.3, 0.4) is 0 Å². The fraction of sp³-hybridized carbons (Fsp3) is 0.500. The fourth-order valence-corrected chi connectivity index (χ4v) is 1.40. The van der Waals surface area contributed by atoms with Gasteiger partial charge >= 0.3 is 5.97 Å². The molecule has 0 spiro atoms. The van der Waals surface area contributed by atoms with Gasteiger partial charge in [0.2, 0.25) is 5.91 Å². The molecule has 0 aromatic heterocycles. The van der Waals surface area contributed by atoms with Crippen molar-refractivity contribution in [2.45, 2.75) is 12.8 Å². The minimum absolute atomic E-state index is 0.406. The van der Waals surface area contributed by atoms with Crippen molar-refractivity contribution in [1.29, 1.82) is 0 Å². The standard InChI is InChI=1S/C8H11NO3/c9-7(10)5-3-1-2-4-6(5)8(11)12/h1-2,5-6H,3-4H2,(H2,9,10)(H,11,12)/t5-,6-/m1/s1. The first-order chi connectivity index (χ1) is 5.63. The summed E-state index contributed by atoms with van der Waals surface area (Å²) in [6.07, 6.45) is 4.43. The summed E-state index contributed by atoms with van der Waals surface area (Å²) in [6, 6.07) is 0. The predicted molar refractivity (Wildman–Crippen MR) is 42.2 cm³/mol. The Morgan fingerprint density at radius 1 is 1.25 bits per heavy atom. The number of hydrogen-bond donors (Lipinski definition) is 2. The number of carbonyl (C=O) groups excluding carboxylic acids is 1. The van der Waals surface area contributed by atoms with Gasteiger partial charge in [-0.2, -0.15) is 0 Å². The van der Waals surface area contributed by atoms with E-state index in [9.17, 15) is 9.59 Å². The molecule has 0 heterocycles. The summed E-state index contributed by atoms with van der Waals surface area (Å²) in [5.74, 6) is -2.63. The Hall–Kier alpha value is -1.32. The Bertz CT molecular complexity index is 210. The molecule has 0 fully saturated rings. The molecule has 4 heteroatoms. The van der Waals surface area contributed by atoms with Crippen LogP contribution in [0.1, 0.15) is 12.8 Å². The van der Waals surface area contributed by atoms with Gasteiger partial charge in [0.05, 0.1) is 11.8 Å². The van der Waals surface area contributed by atoms with Gasteiger partial charge in [-0.3, -0.25) is 9.59 Å². The van der Waals surface area contributed by atoms with Crippen molar-refractivity contribution >= 4 is 11.9 Å². The van der Waals surface area contributed by atoms with Crippen molar-refractivity contribution < 1.29 is 14.7 Å². The molecule has 12 heavy (non-hydrogen) atoms. The third kappa shape index (κ3) is 1.64. The molecule has 0 radical (unpaired) electrons. The molecule has 1 aliphatic carbocycles. The molecule has 0 aliphatic heterocycles. The average molecular weight is 169 g/mol. The maximum atomic E-state index is 10.8. The summed E-state index contributed by atoms with van der Waals surface area (Å²) in [5.41, 5.74) is 5.06. The molecule has 0 saturated heterocycles. The van der Waals surface area contributed by atoms with E-state index in [2.05, 4.69) is 0 Å². The van der Waals surface area contributed by atoms with Crippen LogP contribution in [0.5, 0.6) is 0 Å². The van der Waals surface area contributed by atoms with Gasteiger partial charge in [0, 0.05) is 0 Å². The van der Waals surface area contributed by atoms with E-state index in [0.29, 0.717) is 12.8 Å². The number of carbonyl (C=O) groups is 2. The summed E-state index contributed by atoms with van der Waals surface area (Å²) < 4.78 is 0. The molecule has 0 aromatic carbocycles. The van der Waals surface area contributed by atoms with Crippen molar-refractivity contribution in [2.24, 2.45) is 17.6 Å². The largest absolute Gasteiger partial charge is 0.481 e. The van der Waals surface area contributed by atoms with Gasteiger partial charge < -0.3 is 10.8 Å². The summed E-state index contributed by atoms with van der Waals surface area (Å²) in [4.78, 5) is 21.4. The number of carboxylic acids is 1. The van der Waals surface area contributed by atoms with E-state index >= 15 is 0 Å². The molecule has 3 N–H and O–H groups in total. The molecule has 2 atom stereocenters. The minimum Gasteiger partial charge on any atom is -0.481 e. The SMILES string of the molecule is NC(=O)[C@@H]1CC=CC[C@H]1C(=O)O. The van der Waals surface area contributed by atoms with Crippen molar-refractivity contribution in [2.75, 3.05) is 0 Å². The smallest absolute Gasteiger partial charge is 0.307 e. The van der Waals surface area contributed by atoms with Gasteiger partial charge in [-0.25, -0.2) is 0 Å². The number of allylic oxidation sites excluding steroid dienone is 2. The number of aliphatic carboxylic acids is 1. The maximum absolute atomic E-state index is 10.8. The normalized spacial score (nSPS) is 28.3. The maximum Gasteiger partial charge on any atom is 0.307 e. The van der Waals surface area contributed by atoms with Crippen LogP contribution in [-0.2, 0) is 9.59 Å². The highest BCUT2D eigenvalue weighted by molar-refractivity contribution is 5.84. The van der Waals surface area contributed by atoms with Gasteiger partial charge in [0.15, 0.2) is 0 Å². The zero-order valence-electron chi connectivity index (χ0n) is 6.56. The minimum atomic E-state index is -0.942. The summed E-state index contributed by atoms with van der Waals surface area (Å²) in [7, 11) is 0. The first-order valence-corrected chi connectivity index (χ1v) is 3.80. The third-order valence-electron chi connectivity index (χ3n) is 2.12. The van der Waals surface area contributed by atoms with Crippen molar-refractivity contribution in [3.63, 3.8) is 0 Å². The summed E-state index contributed by atoms with van der Waals surface area (Å²) >= 11 is 0. The van der Waals surface area contributed by atoms with Gasteiger partial charge in [-0.1, -0.05) is 12.2 Å². The lowest BCUT2D eigenvalue weighted by molar-refractivity contribution is -0.146. The van der Waals surface area contributed by atoms with Crippen LogP contribution < -0.4 is 5.73 Å². The molecule has 0 saturated carbocycles. The molecular weight excluding hydrogens is 158 g/mol. The summed E-state index contributed by atoms with van der Waals surface area (Å²) in [6.45, 7) is 0. The average Bonchev–Trinajstić information content (AvgIpc) is 2.04. The molecule has 1 aliphatic rings. The second-order valence-corrected chi connectivity index (χ2v) is 2.90. The fourth-order valence-electron chi connectivity index (χ4n) is 1.40. The lowest BCUT2D eigenvalue weighted by atomic mass is 9.83. The van der Waals surface area contributed by atoms with E-state index in [0.717, 1.165) is 0 Å². The van der Waals surface area contributed by atoms with Crippen molar-refractivity contribution in [1.82, 2.24) is 0 Å². The Balaban J connectivity index is 2.76. The Kier molecular flexibility index (Phi) is 2.47. The van der Waals surface area contributed by atoms with Crippen LogP contribution in [0.25, 0.3) is 0 Å². The predicted octanol–water partition coefficient (Wildman–Crippen LogP) is 0.139. The molecular formula is C8H11NO3. The highest BCUT2D eigenvalue weighted by atomic mass is 16.4. The molecule has 0 bridgehead atoms. The lowest BCUT2D eigenvalue weighted by Gasteiger charge is -2.21. The van der Waals surface area contributed by atoms with Crippen LogP contribution >= 0.6 is 0 Å². The topological polar surface area (TPSA) is 80.4 Å². The Morgan fingerprint density at radius 2 is 1.75 bits per heavy atom. The van der Waals surface area contributed by atoms with Crippen molar-refractivity contribution in [3.8, 4) is 0 Å². The highest BCUT2D eigenvalue weighted by Crippen LogP contribution is 2.25. The first-order valence-electron chi connectivity index (χ1n) is 3.80. The molecule has 1 rings (SSSR count). The number of nitrogens with two attached hydrogens (primary N) is 1. The number of rotatable bonds is 2. The van der Waals surface area contributed by atoms with Gasteiger partial charge in [-0.05, 0) is 12.8 Å². The van der Waals surface area contributed by atoms with Crippen LogP contribution in [0.2, 0.25) is 0 Å². The van der Waals surface area contributed by atoms with E-state index in [1.165, 1.54) is 0 Å². The monoisotopic (exact) mass is 169 g/mol. The number of carboxylic acid groups (broad SMARTS) is 1. The quantitative estimate of drug-likeness (QED) is 0.577. The van der Waals surface area contributed by atoms with E-state index in [1.54, 1.807) is 12.2 Å². The number of amides is 1. The van der Waals surface area contributed by atoms with Crippen molar-refractivity contribution in [3.05, 3.63) is 12.2 Å². The van der Waals surface area contributed by atoms with Crippen LogP contribution in [0.4, 0.5) is 0 Å². The molecule has 0 aromatic rings. The van der Waals surface area contributed by atoms with Gasteiger partial charge in [-0.15, -0.1) is 0 Å². The van der Waals surface area contributed by atoms with Crippen LogP contribution in [0, 0.1) is 11.8 Å². The Morgan fingerprint density at radius 3 is 2.08 bits per heavy atom. The Labute approximate surface area is 70.1 Å². The first kappa shape index (κ1) is 8.77. The zero-order chi connectivity index (χ0) is 9.14. The van der Waals surface area contributed by atoms with Gasteiger partial charge in [0.1, 0.15) is 0 Å². The van der Waals surface area contributed by atoms with E-state index < -0.39 is 23.7 Å². The van der Waals surface area contributed by atoms with E-state index in [4.69, 9.17) is 10.8 Å². The van der Waals surface area contributed by atoms with Crippen LogP contribution in [0.15, 0.2) is 12.2 Å². The molecule has 1 amide bonds. The summed E-state index contributed by atoms with van der Waals surface area (Å²) in [5, 5.41) is 8.72. The number of hydrogen-bond acceptors (Lipinski definition) is 2. The molecule has 0 unspecified atom stereocenters. The highest BCUT2D eigenvalue weighted by Gasteiger charge is 2.32. The second-order valence-electron chi connectivity index (χ2n) is 2.90.